The molecule has 0 saturated heterocycles. The summed E-state index contributed by atoms with van der Waals surface area (Å²) in [5, 5.41) is 18.4. The Kier molecular flexibility index (Phi) is 4.98. The van der Waals surface area contributed by atoms with Crippen LogP contribution in [-0.4, -0.2) is 25.3 Å². The molecular formula is C18H18N2O4S. The number of hydrogen-bond acceptors (Lipinski definition) is 5. The largest absolute Gasteiger partial charge is 0.396 e. The van der Waals surface area contributed by atoms with Gasteiger partial charge in [-0.15, -0.1) is 0 Å². The first-order chi connectivity index (χ1) is 12.0. The van der Waals surface area contributed by atoms with E-state index < -0.39 is 10.0 Å². The van der Waals surface area contributed by atoms with Crippen molar-refractivity contribution in [3.05, 3.63) is 60.4 Å². The average molecular weight is 358 g/mol. The molecule has 130 valence electrons. The Balaban J connectivity index is 2.10. The summed E-state index contributed by atoms with van der Waals surface area (Å²) in [6.45, 7) is 0.0468. The number of nitrogens with two attached hydrogens (primary N) is 1. The summed E-state index contributed by atoms with van der Waals surface area (Å²) >= 11 is 0. The molecule has 3 rings (SSSR count). The molecule has 0 unspecified atom stereocenters. The lowest BCUT2D eigenvalue weighted by molar-refractivity contribution is 0.280. The van der Waals surface area contributed by atoms with Crippen LogP contribution < -0.4 is 5.14 Å². The second-order valence-electron chi connectivity index (χ2n) is 5.59. The molecule has 0 amide bonds. The van der Waals surface area contributed by atoms with Crippen LogP contribution in [0.15, 0.2) is 64.0 Å². The maximum atomic E-state index is 11.4. The van der Waals surface area contributed by atoms with Gasteiger partial charge in [0.25, 0.3) is 0 Å². The predicted octanol–water partition coefficient (Wildman–Crippen LogP) is 2.58. The molecule has 0 atom stereocenters. The number of sulfonamides is 1. The maximum absolute atomic E-state index is 11.4. The summed E-state index contributed by atoms with van der Waals surface area (Å²) < 4.78 is 28.4. The fourth-order valence-corrected chi connectivity index (χ4v) is 3.15. The molecule has 0 bridgehead atoms. The highest BCUT2D eigenvalue weighted by Gasteiger charge is 2.19. The lowest BCUT2D eigenvalue weighted by Gasteiger charge is -2.06. The normalized spacial score (nSPS) is 11.6. The number of nitrogens with zero attached hydrogens (tertiary/aromatic N) is 1. The molecule has 0 aliphatic carbocycles. The summed E-state index contributed by atoms with van der Waals surface area (Å²) in [7, 11) is -3.75. The number of aryl methyl sites for hydroxylation is 1. The van der Waals surface area contributed by atoms with E-state index in [1.807, 2.05) is 30.3 Å². The summed E-state index contributed by atoms with van der Waals surface area (Å²) in [6.07, 6.45) is 1.08. The molecular weight excluding hydrogens is 340 g/mol. The molecule has 7 heteroatoms. The smallest absolute Gasteiger partial charge is 0.238 e. The van der Waals surface area contributed by atoms with Crippen molar-refractivity contribution in [2.75, 3.05) is 6.61 Å². The summed E-state index contributed by atoms with van der Waals surface area (Å²) in [5.74, 6) is 0.649. The van der Waals surface area contributed by atoms with E-state index in [4.69, 9.17) is 14.8 Å². The summed E-state index contributed by atoms with van der Waals surface area (Å²) in [6, 6.07) is 15.9. The molecule has 2 aromatic carbocycles. The van der Waals surface area contributed by atoms with Crippen molar-refractivity contribution in [1.29, 1.82) is 0 Å². The van der Waals surface area contributed by atoms with Crippen molar-refractivity contribution in [1.82, 2.24) is 5.16 Å². The maximum Gasteiger partial charge on any atom is 0.238 e. The van der Waals surface area contributed by atoms with Crippen LogP contribution in [-0.2, 0) is 16.4 Å². The molecule has 0 aliphatic rings. The number of hydrogen-bond donors (Lipinski definition) is 2. The van der Waals surface area contributed by atoms with Crippen LogP contribution in [0.5, 0.6) is 0 Å². The number of rotatable bonds is 6. The number of aliphatic hydroxyl groups is 1. The average Bonchev–Trinajstić information content (AvgIpc) is 3.04. The Labute approximate surface area is 146 Å². The van der Waals surface area contributed by atoms with Crippen LogP contribution in [0.2, 0.25) is 0 Å². The SMILES string of the molecule is NS(=O)(=O)c1ccc(-c2c(-c3ccccc3)noc2CCCO)cc1. The monoisotopic (exact) mass is 358 g/mol. The van der Waals surface area contributed by atoms with Gasteiger partial charge in [0.1, 0.15) is 11.5 Å². The second kappa shape index (κ2) is 7.18. The third kappa shape index (κ3) is 3.79. The van der Waals surface area contributed by atoms with Crippen molar-refractivity contribution in [3.8, 4) is 22.4 Å². The molecule has 6 nitrogen and oxygen atoms in total. The molecule has 0 radical (unpaired) electrons. The molecule has 3 N–H and O–H groups in total. The van der Waals surface area contributed by atoms with Crippen molar-refractivity contribution in [2.45, 2.75) is 17.7 Å². The van der Waals surface area contributed by atoms with Crippen molar-refractivity contribution >= 4 is 10.0 Å². The first-order valence-corrected chi connectivity index (χ1v) is 9.33. The Bertz CT molecular complexity index is 949. The van der Waals surface area contributed by atoms with Crippen LogP contribution in [0.4, 0.5) is 0 Å². The predicted molar refractivity (Wildman–Crippen MR) is 94.2 cm³/mol. The Morgan fingerprint density at radius 1 is 1.00 bits per heavy atom. The van der Waals surface area contributed by atoms with E-state index in [2.05, 4.69) is 5.16 Å². The van der Waals surface area contributed by atoms with E-state index in [1.54, 1.807) is 12.1 Å². The molecule has 3 aromatic rings. The van der Waals surface area contributed by atoms with Gasteiger partial charge in [0.05, 0.1) is 10.5 Å². The molecule has 0 spiro atoms. The van der Waals surface area contributed by atoms with Crippen LogP contribution in [0.3, 0.4) is 0 Å². The first-order valence-electron chi connectivity index (χ1n) is 7.79. The third-order valence-electron chi connectivity index (χ3n) is 3.84. The van der Waals surface area contributed by atoms with E-state index in [-0.39, 0.29) is 11.5 Å². The van der Waals surface area contributed by atoms with Gasteiger partial charge in [-0.05, 0) is 24.1 Å². The summed E-state index contributed by atoms with van der Waals surface area (Å²) in [5.41, 5.74) is 3.14. The Morgan fingerprint density at radius 2 is 1.68 bits per heavy atom. The molecule has 0 fully saturated rings. The van der Waals surface area contributed by atoms with Gasteiger partial charge < -0.3 is 9.63 Å². The minimum atomic E-state index is -3.75. The van der Waals surface area contributed by atoms with Gasteiger partial charge in [-0.3, -0.25) is 0 Å². The number of aliphatic hydroxyl groups excluding tert-OH is 1. The van der Waals surface area contributed by atoms with E-state index in [0.29, 0.717) is 24.3 Å². The van der Waals surface area contributed by atoms with Gasteiger partial charge in [0.15, 0.2) is 0 Å². The standard InChI is InChI=1S/C18H18N2O4S/c19-25(22,23)15-10-8-13(9-11-15)17-16(7-4-12-21)24-20-18(17)14-5-2-1-3-6-14/h1-3,5-6,8-11,21H,4,7,12H2,(H2,19,22,23). The summed E-state index contributed by atoms with van der Waals surface area (Å²) in [4.78, 5) is 0.0471. The topological polar surface area (TPSA) is 106 Å². The van der Waals surface area contributed by atoms with Gasteiger partial charge in [-0.25, -0.2) is 13.6 Å². The van der Waals surface area contributed by atoms with E-state index in [9.17, 15) is 8.42 Å². The zero-order valence-corrected chi connectivity index (χ0v) is 14.2. The van der Waals surface area contributed by atoms with Gasteiger partial charge in [0, 0.05) is 18.6 Å². The quantitative estimate of drug-likeness (QED) is 0.704. The zero-order valence-electron chi connectivity index (χ0n) is 13.4. The zero-order chi connectivity index (χ0) is 17.9. The minimum Gasteiger partial charge on any atom is -0.396 e. The van der Waals surface area contributed by atoms with Gasteiger partial charge in [-0.1, -0.05) is 47.6 Å². The minimum absolute atomic E-state index is 0.0468. The highest BCUT2D eigenvalue weighted by Crippen LogP contribution is 2.35. The fourth-order valence-electron chi connectivity index (χ4n) is 2.64. The molecule has 1 aromatic heterocycles. The molecule has 0 aliphatic heterocycles. The molecule has 0 saturated carbocycles. The second-order valence-corrected chi connectivity index (χ2v) is 7.15. The van der Waals surface area contributed by atoms with Gasteiger partial charge in [-0.2, -0.15) is 0 Å². The van der Waals surface area contributed by atoms with Crippen LogP contribution in [0, 0.1) is 0 Å². The van der Waals surface area contributed by atoms with Crippen molar-refractivity contribution < 1.29 is 18.0 Å². The van der Waals surface area contributed by atoms with Gasteiger partial charge >= 0.3 is 0 Å². The number of primary sulfonamides is 1. The van der Waals surface area contributed by atoms with Crippen molar-refractivity contribution in [2.24, 2.45) is 5.14 Å². The van der Waals surface area contributed by atoms with Gasteiger partial charge in [0.2, 0.25) is 10.0 Å². The van der Waals surface area contributed by atoms with E-state index in [1.165, 1.54) is 12.1 Å². The van der Waals surface area contributed by atoms with Crippen LogP contribution in [0.1, 0.15) is 12.2 Å². The lowest BCUT2D eigenvalue weighted by atomic mass is 9.98. The molecule has 25 heavy (non-hydrogen) atoms. The first kappa shape index (κ1) is 17.3. The van der Waals surface area contributed by atoms with E-state index >= 15 is 0 Å². The van der Waals surface area contributed by atoms with Crippen LogP contribution in [0.25, 0.3) is 22.4 Å². The Hall–Kier alpha value is -2.48. The Morgan fingerprint density at radius 3 is 2.28 bits per heavy atom. The molecule has 1 heterocycles. The van der Waals surface area contributed by atoms with E-state index in [0.717, 1.165) is 16.7 Å². The number of aromatic nitrogens is 1. The third-order valence-corrected chi connectivity index (χ3v) is 4.77. The highest BCUT2D eigenvalue weighted by atomic mass is 32.2. The fraction of sp³-hybridized carbons (Fsp3) is 0.167. The lowest BCUT2D eigenvalue weighted by Crippen LogP contribution is -2.11. The highest BCUT2D eigenvalue weighted by molar-refractivity contribution is 7.89. The van der Waals surface area contributed by atoms with Crippen molar-refractivity contribution in [3.63, 3.8) is 0 Å². The van der Waals surface area contributed by atoms with Crippen LogP contribution >= 0.6 is 0 Å². The number of benzene rings is 2.